The van der Waals surface area contributed by atoms with Crippen LogP contribution >= 0.6 is 0 Å². The van der Waals surface area contributed by atoms with Crippen LogP contribution < -0.4 is 0 Å². The Morgan fingerprint density at radius 3 is 2.67 bits per heavy atom. The molecule has 0 aromatic heterocycles. The van der Waals surface area contributed by atoms with Crippen LogP contribution in [-0.4, -0.2) is 32.3 Å². The maximum Gasteiger partial charge on any atom is 0.306 e. The molecule has 0 amide bonds. The van der Waals surface area contributed by atoms with Gasteiger partial charge in [-0.1, -0.05) is 33.8 Å². The number of fused-ring (bicyclic) bond motifs is 1. The molecule has 5 heteroatoms. The smallest absolute Gasteiger partial charge is 0.306 e. The molecule has 4 nitrogen and oxygen atoms in total. The third-order valence-corrected chi connectivity index (χ3v) is 10.9. The van der Waals surface area contributed by atoms with Crippen LogP contribution in [0.5, 0.6) is 0 Å². The minimum Gasteiger partial charge on any atom is -0.462 e. The van der Waals surface area contributed by atoms with E-state index in [2.05, 4.69) is 45.7 Å². The molecule has 0 spiro atoms. The molecule has 5 atom stereocenters. The van der Waals surface area contributed by atoms with Gasteiger partial charge in [0.05, 0.1) is 12.5 Å². The lowest BCUT2D eigenvalue weighted by Gasteiger charge is -2.39. The van der Waals surface area contributed by atoms with Crippen LogP contribution in [0, 0.1) is 29.6 Å². The van der Waals surface area contributed by atoms with Crippen LogP contribution in [0.25, 0.3) is 0 Å². The summed E-state index contributed by atoms with van der Waals surface area (Å²) in [7, 11) is -1.95. The molecule has 1 aliphatic heterocycles. The van der Waals surface area contributed by atoms with E-state index in [0.717, 1.165) is 6.42 Å². The third kappa shape index (κ3) is 5.11. The van der Waals surface area contributed by atoms with E-state index < -0.39 is 8.32 Å². The normalized spacial score (nSPS) is 29.2. The van der Waals surface area contributed by atoms with Gasteiger partial charge in [-0.25, -0.2) is 0 Å². The Morgan fingerprint density at radius 2 is 2.07 bits per heavy atom. The number of carbonyl (C=O) groups is 2. The number of allylic oxidation sites excluding steroid dienone is 1. The Kier molecular flexibility index (Phi) is 6.75. The molecule has 0 aromatic carbocycles. The SMILES string of the molecule is CC#CC[C@H](C)C(=O)/C=C/[C@H]1C(O[Si](C)(C)C(C)(C)C)C[C@@H]2OC(=O)C[C@@H]21. The minimum atomic E-state index is -1.95. The molecule has 1 unspecified atom stereocenters. The van der Waals surface area contributed by atoms with E-state index in [1.165, 1.54) is 0 Å². The lowest BCUT2D eigenvalue weighted by atomic mass is 9.90. The van der Waals surface area contributed by atoms with Gasteiger partial charge in [-0.3, -0.25) is 9.59 Å². The van der Waals surface area contributed by atoms with Gasteiger partial charge in [0.25, 0.3) is 0 Å². The van der Waals surface area contributed by atoms with Gasteiger partial charge in [0, 0.05) is 30.6 Å². The molecule has 1 heterocycles. The highest BCUT2D eigenvalue weighted by Crippen LogP contribution is 2.47. The highest BCUT2D eigenvalue weighted by Gasteiger charge is 2.52. The molecule has 0 bridgehead atoms. The maximum atomic E-state index is 12.4. The van der Waals surface area contributed by atoms with E-state index in [4.69, 9.17) is 9.16 Å². The van der Waals surface area contributed by atoms with E-state index in [0.29, 0.717) is 12.8 Å². The van der Waals surface area contributed by atoms with E-state index in [9.17, 15) is 9.59 Å². The van der Waals surface area contributed by atoms with Gasteiger partial charge in [-0.2, -0.15) is 0 Å². The molecule has 150 valence electrons. The number of ether oxygens (including phenoxy) is 1. The van der Waals surface area contributed by atoms with Crippen molar-refractivity contribution < 1.29 is 18.8 Å². The quantitative estimate of drug-likeness (QED) is 0.290. The largest absolute Gasteiger partial charge is 0.462 e. The van der Waals surface area contributed by atoms with E-state index >= 15 is 0 Å². The second-order valence-corrected chi connectivity index (χ2v) is 14.2. The van der Waals surface area contributed by atoms with Crippen LogP contribution in [0.3, 0.4) is 0 Å². The number of rotatable bonds is 6. The van der Waals surface area contributed by atoms with E-state index in [1.807, 2.05) is 13.0 Å². The van der Waals surface area contributed by atoms with E-state index in [-0.39, 0.29) is 46.8 Å². The molecular weight excluding hydrogens is 356 g/mol. The van der Waals surface area contributed by atoms with Gasteiger partial charge in [0.1, 0.15) is 6.10 Å². The van der Waals surface area contributed by atoms with Crippen molar-refractivity contribution in [3.05, 3.63) is 12.2 Å². The summed E-state index contributed by atoms with van der Waals surface area (Å²) in [6.45, 7) is 14.8. The molecule has 0 N–H and O–H groups in total. The summed E-state index contributed by atoms with van der Waals surface area (Å²) in [6.07, 6.45) is 5.29. The first-order valence-corrected chi connectivity index (χ1v) is 12.9. The van der Waals surface area contributed by atoms with Crippen molar-refractivity contribution in [2.24, 2.45) is 17.8 Å². The molecule has 0 aromatic rings. The Labute approximate surface area is 165 Å². The zero-order valence-corrected chi connectivity index (χ0v) is 18.8. The van der Waals surface area contributed by atoms with Gasteiger partial charge in [-0.05, 0) is 31.1 Å². The molecule has 2 rings (SSSR count). The fraction of sp³-hybridized carbons (Fsp3) is 0.727. The summed E-state index contributed by atoms with van der Waals surface area (Å²) in [5, 5.41) is 0.110. The van der Waals surface area contributed by atoms with Crippen LogP contribution in [0.15, 0.2) is 12.2 Å². The average molecular weight is 391 g/mol. The molecule has 27 heavy (non-hydrogen) atoms. The van der Waals surface area contributed by atoms with Gasteiger partial charge in [0.15, 0.2) is 14.1 Å². The highest BCUT2D eigenvalue weighted by molar-refractivity contribution is 6.74. The summed E-state index contributed by atoms with van der Waals surface area (Å²) in [5.41, 5.74) is 0. The highest BCUT2D eigenvalue weighted by atomic mass is 28.4. The number of esters is 1. The lowest BCUT2D eigenvalue weighted by Crippen LogP contribution is -2.45. The van der Waals surface area contributed by atoms with Crippen LogP contribution in [0.4, 0.5) is 0 Å². The predicted octanol–water partition coefficient (Wildman–Crippen LogP) is 4.50. The standard InChI is InChI=1S/C22H34O4Si/c1-8-9-10-15(2)18(23)12-11-16-17-13-21(24)25-19(17)14-20(16)26-27(6,7)22(3,4)5/h11-12,15-17,19-20H,10,13-14H2,1-7H3/b12-11+/t15-,16+,17+,19-,20?/m0/s1. The van der Waals surface area contributed by atoms with Gasteiger partial charge < -0.3 is 9.16 Å². The van der Waals surface area contributed by atoms with Crippen molar-refractivity contribution in [1.29, 1.82) is 0 Å². The van der Waals surface area contributed by atoms with Crippen molar-refractivity contribution in [3.63, 3.8) is 0 Å². The Hall–Kier alpha value is -1.38. The Balaban J connectivity index is 2.16. The van der Waals surface area contributed by atoms with Crippen LogP contribution in [-0.2, 0) is 18.8 Å². The monoisotopic (exact) mass is 390 g/mol. The summed E-state index contributed by atoms with van der Waals surface area (Å²) in [6, 6.07) is 0. The summed E-state index contributed by atoms with van der Waals surface area (Å²) in [5.74, 6) is 5.79. The zero-order valence-electron chi connectivity index (χ0n) is 17.8. The van der Waals surface area contributed by atoms with Crippen molar-refractivity contribution in [2.75, 3.05) is 0 Å². The molecule has 1 saturated carbocycles. The molecule has 1 saturated heterocycles. The molecular formula is C22H34O4Si. The second kappa shape index (κ2) is 8.32. The average Bonchev–Trinajstić information content (AvgIpc) is 3.04. The Morgan fingerprint density at radius 1 is 1.41 bits per heavy atom. The Bertz CT molecular complexity index is 662. The summed E-state index contributed by atoms with van der Waals surface area (Å²) in [4.78, 5) is 24.2. The van der Waals surface area contributed by atoms with Crippen molar-refractivity contribution in [3.8, 4) is 11.8 Å². The number of hydrogen-bond acceptors (Lipinski definition) is 4. The minimum absolute atomic E-state index is 0.00350. The van der Waals surface area contributed by atoms with Crippen molar-refractivity contribution in [1.82, 2.24) is 0 Å². The zero-order chi connectivity index (χ0) is 20.4. The topological polar surface area (TPSA) is 52.6 Å². The fourth-order valence-electron chi connectivity index (χ4n) is 3.57. The van der Waals surface area contributed by atoms with Gasteiger partial charge >= 0.3 is 5.97 Å². The van der Waals surface area contributed by atoms with Crippen LogP contribution in [0.1, 0.15) is 53.9 Å². The molecule has 2 fully saturated rings. The fourth-order valence-corrected chi connectivity index (χ4v) is 4.94. The first kappa shape index (κ1) is 21.9. The van der Waals surface area contributed by atoms with Crippen LogP contribution in [0.2, 0.25) is 18.1 Å². The number of carbonyl (C=O) groups excluding carboxylic acids is 2. The predicted molar refractivity (Wildman–Crippen MR) is 110 cm³/mol. The van der Waals surface area contributed by atoms with Gasteiger partial charge in [-0.15, -0.1) is 11.8 Å². The molecule has 0 radical (unpaired) electrons. The second-order valence-electron chi connectivity index (χ2n) is 9.42. The van der Waals surface area contributed by atoms with E-state index in [1.54, 1.807) is 13.0 Å². The number of ketones is 1. The molecule has 1 aliphatic carbocycles. The summed E-state index contributed by atoms with van der Waals surface area (Å²) < 4.78 is 12.2. The van der Waals surface area contributed by atoms with Crippen molar-refractivity contribution >= 4 is 20.1 Å². The summed E-state index contributed by atoms with van der Waals surface area (Å²) >= 11 is 0. The first-order chi connectivity index (χ1) is 12.5. The maximum absolute atomic E-state index is 12.4. The van der Waals surface area contributed by atoms with Gasteiger partial charge in [0.2, 0.25) is 0 Å². The molecule has 2 aliphatic rings. The first-order valence-electron chi connectivity index (χ1n) is 9.95. The third-order valence-electron chi connectivity index (χ3n) is 6.36. The lowest BCUT2D eigenvalue weighted by molar-refractivity contribution is -0.141. The van der Waals surface area contributed by atoms with Crippen molar-refractivity contribution in [2.45, 2.75) is 84.2 Å². The number of hydrogen-bond donors (Lipinski definition) is 0.